The molecule has 1 aliphatic heterocycles. The highest BCUT2D eigenvalue weighted by atomic mass is 32.1. The van der Waals surface area contributed by atoms with Gasteiger partial charge in [-0.2, -0.15) is 0 Å². The van der Waals surface area contributed by atoms with Crippen LogP contribution in [-0.2, 0) is 9.53 Å². The largest absolute Gasteiger partial charge is 0.449 e. The van der Waals surface area contributed by atoms with Crippen molar-refractivity contribution in [3.63, 3.8) is 0 Å². The maximum Gasteiger partial charge on any atom is 0.291 e. The van der Waals surface area contributed by atoms with E-state index >= 15 is 0 Å². The first-order chi connectivity index (χ1) is 17.1. The maximum absolute atomic E-state index is 13.5. The molecule has 0 spiro atoms. The number of para-hydroxylation sites is 1. The van der Waals surface area contributed by atoms with Gasteiger partial charge < -0.3 is 24.3 Å². The second-order valence-corrected chi connectivity index (χ2v) is 9.67. The molecule has 0 radical (unpaired) electrons. The van der Waals surface area contributed by atoms with Crippen LogP contribution in [0.15, 0.2) is 52.3 Å². The van der Waals surface area contributed by atoms with E-state index in [4.69, 9.17) is 9.15 Å². The molecule has 1 fully saturated rings. The smallest absolute Gasteiger partial charge is 0.291 e. The van der Waals surface area contributed by atoms with Gasteiger partial charge in [-0.15, -0.1) is 11.3 Å². The van der Waals surface area contributed by atoms with Gasteiger partial charge >= 0.3 is 0 Å². The number of nitrogens with one attached hydrogen (secondary N) is 1. The molecule has 0 bridgehead atoms. The fourth-order valence-corrected chi connectivity index (χ4v) is 5.04. The number of hydrogen-bond acceptors (Lipinski definition) is 6. The molecule has 0 aliphatic carbocycles. The van der Waals surface area contributed by atoms with E-state index in [1.54, 1.807) is 17.4 Å². The molecule has 2 amide bonds. The van der Waals surface area contributed by atoms with E-state index in [0.29, 0.717) is 30.4 Å². The SMILES string of the molecule is CCOCCCN(C)C1CCN(C(=O)c2oc3ccccc3c2NC(=O)/C=C/c2cccs2)CC1. The maximum atomic E-state index is 13.5. The standard InChI is InChI=1S/C27H33N3O4S/c1-3-33-18-7-15-29(2)20-13-16-30(17-14-20)27(32)26-25(22-9-4-5-10-23(22)34-26)28-24(31)12-11-21-8-6-19-35-21/h4-6,8-12,19-20H,3,7,13-18H2,1-2H3,(H,28,31)/b12-11+. The molecule has 1 aliphatic rings. The van der Waals surface area contributed by atoms with Crippen molar-refractivity contribution in [3.8, 4) is 0 Å². The van der Waals surface area contributed by atoms with Crippen LogP contribution in [0.4, 0.5) is 5.69 Å². The molecule has 2 aromatic heterocycles. The van der Waals surface area contributed by atoms with E-state index in [1.807, 2.05) is 53.6 Å². The number of rotatable bonds is 10. The van der Waals surface area contributed by atoms with Gasteiger partial charge in [-0.3, -0.25) is 9.59 Å². The van der Waals surface area contributed by atoms with E-state index in [0.717, 1.165) is 49.3 Å². The average Bonchev–Trinajstić information content (AvgIpc) is 3.53. The zero-order chi connectivity index (χ0) is 24.6. The Morgan fingerprint density at radius 2 is 2.03 bits per heavy atom. The van der Waals surface area contributed by atoms with E-state index in [1.165, 1.54) is 6.08 Å². The van der Waals surface area contributed by atoms with Crippen LogP contribution in [0.5, 0.6) is 0 Å². The summed E-state index contributed by atoms with van der Waals surface area (Å²) >= 11 is 1.55. The van der Waals surface area contributed by atoms with Gasteiger partial charge in [-0.1, -0.05) is 18.2 Å². The number of amides is 2. The number of carbonyl (C=O) groups excluding carboxylic acids is 2. The average molecular weight is 496 g/mol. The highest BCUT2D eigenvalue weighted by molar-refractivity contribution is 7.10. The third kappa shape index (κ3) is 6.39. The third-order valence-corrected chi connectivity index (χ3v) is 7.20. The lowest BCUT2D eigenvalue weighted by molar-refractivity contribution is -0.111. The quantitative estimate of drug-likeness (QED) is 0.313. The van der Waals surface area contributed by atoms with Crippen molar-refractivity contribution in [2.45, 2.75) is 32.2 Å². The van der Waals surface area contributed by atoms with Gasteiger partial charge in [-0.05, 0) is 62.9 Å². The molecule has 7 nitrogen and oxygen atoms in total. The van der Waals surface area contributed by atoms with Crippen molar-refractivity contribution >= 4 is 45.9 Å². The van der Waals surface area contributed by atoms with Crippen LogP contribution in [0.3, 0.4) is 0 Å². The number of piperidine rings is 1. The summed E-state index contributed by atoms with van der Waals surface area (Å²) in [4.78, 5) is 31.3. The van der Waals surface area contributed by atoms with Crippen molar-refractivity contribution in [2.75, 3.05) is 45.2 Å². The van der Waals surface area contributed by atoms with Crippen LogP contribution >= 0.6 is 11.3 Å². The summed E-state index contributed by atoms with van der Waals surface area (Å²) in [5.74, 6) is -0.296. The zero-order valence-corrected chi connectivity index (χ0v) is 21.2. The van der Waals surface area contributed by atoms with Crippen LogP contribution in [-0.4, -0.2) is 67.6 Å². The molecule has 1 N–H and O–H groups in total. The van der Waals surface area contributed by atoms with E-state index < -0.39 is 0 Å². The lowest BCUT2D eigenvalue weighted by Crippen LogP contribution is -2.46. The Kier molecular flexibility index (Phi) is 8.74. The van der Waals surface area contributed by atoms with Crippen molar-refractivity contribution in [2.24, 2.45) is 0 Å². The summed E-state index contributed by atoms with van der Waals surface area (Å²) in [6.07, 6.45) is 6.06. The second-order valence-electron chi connectivity index (χ2n) is 8.69. The third-order valence-electron chi connectivity index (χ3n) is 6.36. The van der Waals surface area contributed by atoms with Gasteiger partial charge in [0.1, 0.15) is 11.3 Å². The summed E-state index contributed by atoms with van der Waals surface area (Å²) in [7, 11) is 2.14. The first-order valence-electron chi connectivity index (χ1n) is 12.2. The Morgan fingerprint density at radius 1 is 1.23 bits per heavy atom. The van der Waals surface area contributed by atoms with Gasteiger partial charge in [0.05, 0.1) is 0 Å². The van der Waals surface area contributed by atoms with Gasteiger partial charge in [0.25, 0.3) is 5.91 Å². The monoisotopic (exact) mass is 495 g/mol. The Labute approximate surface area is 210 Å². The molecule has 186 valence electrons. The number of benzene rings is 1. The molecule has 0 saturated carbocycles. The van der Waals surface area contributed by atoms with E-state index in [-0.39, 0.29) is 17.6 Å². The molecule has 8 heteroatoms. The topological polar surface area (TPSA) is 75.0 Å². The van der Waals surface area contributed by atoms with Crippen LogP contribution in [0, 0.1) is 0 Å². The van der Waals surface area contributed by atoms with Crippen LogP contribution < -0.4 is 5.32 Å². The molecule has 3 aromatic rings. The predicted octanol–water partition coefficient (Wildman–Crippen LogP) is 5.11. The summed E-state index contributed by atoms with van der Waals surface area (Å²) < 4.78 is 11.4. The number of fused-ring (bicyclic) bond motifs is 1. The summed E-state index contributed by atoms with van der Waals surface area (Å²) in [6, 6.07) is 11.7. The lowest BCUT2D eigenvalue weighted by atomic mass is 10.0. The minimum Gasteiger partial charge on any atom is -0.449 e. The van der Waals surface area contributed by atoms with E-state index in [9.17, 15) is 9.59 Å². The van der Waals surface area contributed by atoms with Crippen molar-refractivity contribution in [1.29, 1.82) is 0 Å². The number of hydrogen-bond donors (Lipinski definition) is 1. The zero-order valence-electron chi connectivity index (χ0n) is 20.4. The van der Waals surface area contributed by atoms with Gasteiger partial charge in [0, 0.05) is 55.2 Å². The minimum absolute atomic E-state index is 0.184. The Hall–Kier alpha value is -2.94. The normalized spacial score (nSPS) is 14.9. The van der Waals surface area contributed by atoms with Gasteiger partial charge in [-0.25, -0.2) is 0 Å². The van der Waals surface area contributed by atoms with Crippen LogP contribution in [0.2, 0.25) is 0 Å². The molecule has 1 aromatic carbocycles. The fraction of sp³-hybridized carbons (Fsp3) is 0.407. The first-order valence-corrected chi connectivity index (χ1v) is 13.1. The summed E-state index contributed by atoms with van der Waals surface area (Å²) in [5.41, 5.74) is 1.01. The van der Waals surface area contributed by atoms with Crippen LogP contribution in [0.25, 0.3) is 17.0 Å². The lowest BCUT2D eigenvalue weighted by Gasteiger charge is -2.36. The van der Waals surface area contributed by atoms with Crippen molar-refractivity contribution < 1.29 is 18.7 Å². The van der Waals surface area contributed by atoms with Crippen LogP contribution in [0.1, 0.15) is 41.6 Å². The number of carbonyl (C=O) groups is 2. The van der Waals surface area contributed by atoms with E-state index in [2.05, 4.69) is 17.3 Å². The molecular weight excluding hydrogens is 462 g/mol. The predicted molar refractivity (Wildman–Crippen MR) is 141 cm³/mol. The fourth-order valence-electron chi connectivity index (χ4n) is 4.43. The highest BCUT2D eigenvalue weighted by Gasteiger charge is 2.30. The molecule has 3 heterocycles. The highest BCUT2D eigenvalue weighted by Crippen LogP contribution is 2.32. The Bertz CT molecular complexity index is 1150. The molecular formula is C27H33N3O4S. The van der Waals surface area contributed by atoms with Crippen molar-refractivity contribution in [3.05, 3.63) is 58.5 Å². The first kappa shape index (κ1) is 25.2. The Morgan fingerprint density at radius 3 is 2.77 bits per heavy atom. The number of likely N-dealkylation sites (tertiary alicyclic amines) is 1. The van der Waals surface area contributed by atoms with Crippen molar-refractivity contribution in [1.82, 2.24) is 9.80 Å². The second kappa shape index (κ2) is 12.2. The summed E-state index contributed by atoms with van der Waals surface area (Å²) in [6.45, 7) is 5.83. The number of ether oxygens (including phenoxy) is 1. The summed E-state index contributed by atoms with van der Waals surface area (Å²) in [5, 5.41) is 5.57. The number of anilines is 1. The molecule has 1 saturated heterocycles. The molecule has 4 rings (SSSR count). The molecule has 0 unspecified atom stereocenters. The van der Waals surface area contributed by atoms with Gasteiger partial charge in [0.2, 0.25) is 11.7 Å². The number of thiophene rings is 1. The van der Waals surface area contributed by atoms with Gasteiger partial charge in [0.15, 0.2) is 0 Å². The minimum atomic E-state index is -0.300. The molecule has 35 heavy (non-hydrogen) atoms. The Balaban J connectivity index is 1.43. The molecule has 0 atom stereocenters. The number of nitrogens with zero attached hydrogens (tertiary/aromatic N) is 2. The number of furan rings is 1.